The van der Waals surface area contributed by atoms with Crippen molar-refractivity contribution < 1.29 is 4.74 Å². The van der Waals surface area contributed by atoms with Crippen LogP contribution in [0.4, 0.5) is 5.82 Å². The molecule has 5 heteroatoms. The van der Waals surface area contributed by atoms with Crippen molar-refractivity contribution >= 4 is 27.4 Å². The molecule has 0 saturated heterocycles. The molecule has 24 heavy (non-hydrogen) atoms. The Hall–Kier alpha value is -1.88. The molecular formula is C19H25N3OS. The number of hydrogen-bond donors (Lipinski definition) is 1. The predicted molar refractivity (Wildman–Crippen MR) is 102 cm³/mol. The molecule has 2 heterocycles. The van der Waals surface area contributed by atoms with Crippen LogP contribution < -0.4 is 5.32 Å². The Balaban J connectivity index is 1.56. The van der Waals surface area contributed by atoms with Gasteiger partial charge in [-0.3, -0.25) is 0 Å². The summed E-state index contributed by atoms with van der Waals surface area (Å²) in [5, 5.41) is 4.68. The van der Waals surface area contributed by atoms with Crippen LogP contribution in [0.5, 0.6) is 0 Å². The average Bonchev–Trinajstić information content (AvgIpc) is 2.99. The van der Waals surface area contributed by atoms with Gasteiger partial charge in [0, 0.05) is 17.8 Å². The molecule has 1 unspecified atom stereocenters. The SMILES string of the molecule is CCc1nc(NCCCC2C=CC(OC)=CC2)c2cc(C)sc2n1. The summed E-state index contributed by atoms with van der Waals surface area (Å²) in [7, 11) is 1.72. The van der Waals surface area contributed by atoms with Crippen molar-refractivity contribution in [2.24, 2.45) is 5.92 Å². The second kappa shape index (κ2) is 7.79. The molecule has 4 nitrogen and oxygen atoms in total. The van der Waals surface area contributed by atoms with Crippen LogP contribution in [0.3, 0.4) is 0 Å². The zero-order valence-corrected chi connectivity index (χ0v) is 15.4. The maximum absolute atomic E-state index is 5.24. The molecule has 2 aromatic heterocycles. The minimum Gasteiger partial charge on any atom is -0.497 e. The number of ether oxygens (including phenoxy) is 1. The minimum atomic E-state index is 0.616. The number of nitrogens with one attached hydrogen (secondary N) is 1. The highest BCUT2D eigenvalue weighted by Crippen LogP contribution is 2.29. The number of aryl methyl sites for hydroxylation is 2. The van der Waals surface area contributed by atoms with Crippen LogP contribution in [-0.2, 0) is 11.2 Å². The van der Waals surface area contributed by atoms with Crippen molar-refractivity contribution in [3.63, 3.8) is 0 Å². The van der Waals surface area contributed by atoms with Crippen molar-refractivity contribution in [2.45, 2.75) is 39.5 Å². The Bertz CT molecular complexity index is 763. The molecular weight excluding hydrogens is 318 g/mol. The quantitative estimate of drug-likeness (QED) is 0.729. The Kier molecular flexibility index (Phi) is 5.51. The molecule has 1 aliphatic rings. The predicted octanol–water partition coefficient (Wildman–Crippen LogP) is 4.86. The number of fused-ring (bicyclic) bond motifs is 1. The Morgan fingerprint density at radius 2 is 2.25 bits per heavy atom. The van der Waals surface area contributed by atoms with Gasteiger partial charge in [0.15, 0.2) is 0 Å². The second-order valence-corrected chi connectivity index (χ2v) is 7.39. The lowest BCUT2D eigenvalue weighted by molar-refractivity contribution is 0.301. The van der Waals surface area contributed by atoms with Gasteiger partial charge in [0.1, 0.15) is 22.2 Å². The van der Waals surface area contributed by atoms with E-state index >= 15 is 0 Å². The molecule has 3 rings (SSSR count). The molecule has 128 valence electrons. The molecule has 0 aliphatic heterocycles. The highest BCUT2D eigenvalue weighted by atomic mass is 32.1. The smallest absolute Gasteiger partial charge is 0.138 e. The standard InChI is InChI=1S/C19H25N3OS/c1-4-17-21-18(16-12-13(2)24-19(16)22-17)20-11-5-6-14-7-9-15(23-3)10-8-14/h7,9-10,12,14H,4-6,8,11H2,1-3H3,(H,20,21,22). The number of thiophene rings is 1. The summed E-state index contributed by atoms with van der Waals surface area (Å²) in [5.74, 6) is 3.50. The van der Waals surface area contributed by atoms with Crippen LogP contribution in [0.1, 0.15) is 36.9 Å². The van der Waals surface area contributed by atoms with Gasteiger partial charge in [0.25, 0.3) is 0 Å². The second-order valence-electron chi connectivity index (χ2n) is 6.15. The first-order chi connectivity index (χ1) is 11.7. The first-order valence-corrected chi connectivity index (χ1v) is 9.44. The first-order valence-electron chi connectivity index (χ1n) is 8.63. The van der Waals surface area contributed by atoms with E-state index in [0.717, 1.165) is 53.4 Å². The van der Waals surface area contributed by atoms with Crippen molar-refractivity contribution in [3.05, 3.63) is 40.8 Å². The summed E-state index contributed by atoms with van der Waals surface area (Å²) in [6, 6.07) is 2.18. The lowest BCUT2D eigenvalue weighted by atomic mass is 9.95. The zero-order chi connectivity index (χ0) is 16.9. The van der Waals surface area contributed by atoms with Crippen LogP contribution in [0.15, 0.2) is 30.1 Å². The summed E-state index contributed by atoms with van der Waals surface area (Å²) < 4.78 is 5.24. The fourth-order valence-electron chi connectivity index (χ4n) is 2.96. The average molecular weight is 343 g/mol. The number of nitrogens with zero attached hydrogens (tertiary/aromatic N) is 2. The summed E-state index contributed by atoms with van der Waals surface area (Å²) in [6.45, 7) is 5.16. The highest BCUT2D eigenvalue weighted by molar-refractivity contribution is 7.18. The third-order valence-electron chi connectivity index (χ3n) is 4.31. The Labute approximate surface area is 147 Å². The number of anilines is 1. The Morgan fingerprint density at radius 3 is 2.96 bits per heavy atom. The molecule has 0 fully saturated rings. The van der Waals surface area contributed by atoms with E-state index in [1.807, 2.05) is 0 Å². The number of rotatable bonds is 7. The van der Waals surface area contributed by atoms with E-state index in [0.29, 0.717) is 5.92 Å². The van der Waals surface area contributed by atoms with Crippen molar-refractivity contribution in [1.82, 2.24) is 9.97 Å². The molecule has 1 atom stereocenters. The number of allylic oxidation sites excluding steroid dienone is 3. The van der Waals surface area contributed by atoms with Crippen LogP contribution >= 0.6 is 11.3 Å². The highest BCUT2D eigenvalue weighted by Gasteiger charge is 2.11. The summed E-state index contributed by atoms with van der Waals surface area (Å²) in [4.78, 5) is 11.7. The van der Waals surface area contributed by atoms with Gasteiger partial charge in [-0.05, 0) is 50.3 Å². The van der Waals surface area contributed by atoms with Crippen LogP contribution in [-0.4, -0.2) is 23.6 Å². The van der Waals surface area contributed by atoms with E-state index < -0.39 is 0 Å². The summed E-state index contributed by atoms with van der Waals surface area (Å²) >= 11 is 1.74. The molecule has 2 aromatic rings. The largest absolute Gasteiger partial charge is 0.497 e. The van der Waals surface area contributed by atoms with Crippen LogP contribution in [0.2, 0.25) is 0 Å². The molecule has 0 spiro atoms. The van der Waals surface area contributed by atoms with Gasteiger partial charge in [-0.2, -0.15) is 0 Å². The van der Waals surface area contributed by atoms with E-state index in [1.165, 1.54) is 11.3 Å². The molecule has 0 saturated carbocycles. The first kappa shape index (κ1) is 17.0. The summed E-state index contributed by atoms with van der Waals surface area (Å²) in [6.07, 6.45) is 10.8. The molecule has 0 radical (unpaired) electrons. The molecule has 0 bridgehead atoms. The van der Waals surface area contributed by atoms with Crippen LogP contribution in [0, 0.1) is 12.8 Å². The third-order valence-corrected chi connectivity index (χ3v) is 5.26. The topological polar surface area (TPSA) is 47.0 Å². The number of aromatic nitrogens is 2. The lowest BCUT2D eigenvalue weighted by Gasteiger charge is -2.15. The van der Waals surface area contributed by atoms with Gasteiger partial charge < -0.3 is 10.1 Å². The number of hydrogen-bond acceptors (Lipinski definition) is 5. The maximum Gasteiger partial charge on any atom is 0.138 e. The fourth-order valence-corrected chi connectivity index (χ4v) is 3.86. The Morgan fingerprint density at radius 1 is 1.38 bits per heavy atom. The van der Waals surface area contributed by atoms with E-state index in [-0.39, 0.29) is 0 Å². The van der Waals surface area contributed by atoms with Gasteiger partial charge in [0.05, 0.1) is 12.5 Å². The van der Waals surface area contributed by atoms with Gasteiger partial charge in [0.2, 0.25) is 0 Å². The monoisotopic (exact) mass is 343 g/mol. The van der Waals surface area contributed by atoms with E-state index in [2.05, 4.69) is 53.4 Å². The minimum absolute atomic E-state index is 0.616. The fraction of sp³-hybridized carbons (Fsp3) is 0.474. The van der Waals surface area contributed by atoms with E-state index in [9.17, 15) is 0 Å². The molecule has 1 N–H and O–H groups in total. The van der Waals surface area contributed by atoms with Crippen molar-refractivity contribution in [2.75, 3.05) is 19.0 Å². The molecule has 0 aromatic carbocycles. The van der Waals surface area contributed by atoms with Gasteiger partial charge >= 0.3 is 0 Å². The summed E-state index contributed by atoms with van der Waals surface area (Å²) in [5.41, 5.74) is 0. The molecule has 1 aliphatic carbocycles. The normalized spacial score (nSPS) is 17.1. The van der Waals surface area contributed by atoms with Crippen molar-refractivity contribution in [3.8, 4) is 0 Å². The number of methoxy groups -OCH3 is 1. The molecule has 0 amide bonds. The zero-order valence-electron chi connectivity index (χ0n) is 14.6. The van der Waals surface area contributed by atoms with Crippen molar-refractivity contribution in [1.29, 1.82) is 0 Å². The third kappa shape index (κ3) is 3.96. The van der Waals surface area contributed by atoms with E-state index in [1.54, 1.807) is 18.4 Å². The maximum atomic E-state index is 5.24. The van der Waals surface area contributed by atoms with E-state index in [4.69, 9.17) is 4.74 Å². The van der Waals surface area contributed by atoms with Gasteiger partial charge in [-0.1, -0.05) is 13.0 Å². The van der Waals surface area contributed by atoms with Gasteiger partial charge in [-0.25, -0.2) is 9.97 Å². The lowest BCUT2D eigenvalue weighted by Crippen LogP contribution is -2.08. The van der Waals surface area contributed by atoms with Crippen LogP contribution in [0.25, 0.3) is 10.2 Å². The van der Waals surface area contributed by atoms with Gasteiger partial charge in [-0.15, -0.1) is 11.3 Å².